The molecule has 0 radical (unpaired) electrons. The van der Waals surface area contributed by atoms with Crippen LogP contribution in [0.15, 0.2) is 70.4 Å². The van der Waals surface area contributed by atoms with Gasteiger partial charge in [0, 0.05) is 18.9 Å². The molecule has 0 amide bonds. The van der Waals surface area contributed by atoms with Crippen LogP contribution in [0.1, 0.15) is 35.3 Å². The van der Waals surface area contributed by atoms with Gasteiger partial charge in [0.25, 0.3) is 0 Å². The number of pyridine rings is 1. The van der Waals surface area contributed by atoms with Crippen molar-refractivity contribution in [1.29, 1.82) is 0 Å². The molecule has 1 aliphatic rings. The standard InChI is InChI=1S/C21H22N2O3S/c24-27(25,21-10-9-18-6-1-2-7-19(18)13-21)23(16-20-8-4-12-26-20)15-17-5-3-11-22-14-17/h3-5,8-14H,1-2,6-7,15-16H2. The van der Waals surface area contributed by atoms with Crippen LogP contribution in [0.2, 0.25) is 0 Å². The number of hydrogen-bond acceptors (Lipinski definition) is 4. The summed E-state index contributed by atoms with van der Waals surface area (Å²) in [4.78, 5) is 4.45. The van der Waals surface area contributed by atoms with E-state index >= 15 is 0 Å². The van der Waals surface area contributed by atoms with Crippen LogP contribution in [0.5, 0.6) is 0 Å². The molecule has 2 aromatic heterocycles. The van der Waals surface area contributed by atoms with E-state index in [1.807, 2.05) is 24.3 Å². The maximum atomic E-state index is 13.4. The number of furan rings is 1. The predicted molar refractivity (Wildman–Crippen MR) is 102 cm³/mol. The van der Waals surface area contributed by atoms with E-state index in [4.69, 9.17) is 4.42 Å². The summed E-state index contributed by atoms with van der Waals surface area (Å²) in [5.74, 6) is 0.612. The van der Waals surface area contributed by atoms with Crippen molar-refractivity contribution < 1.29 is 12.8 Å². The van der Waals surface area contributed by atoms with E-state index in [0.717, 1.165) is 30.4 Å². The molecular weight excluding hydrogens is 360 g/mol. The Kier molecular flexibility index (Phi) is 5.09. The molecule has 5 nitrogen and oxygen atoms in total. The van der Waals surface area contributed by atoms with Gasteiger partial charge in [-0.1, -0.05) is 12.1 Å². The minimum absolute atomic E-state index is 0.182. The molecule has 0 aliphatic heterocycles. The fourth-order valence-electron chi connectivity index (χ4n) is 3.52. The summed E-state index contributed by atoms with van der Waals surface area (Å²) in [5, 5.41) is 0. The fraction of sp³-hybridized carbons (Fsp3) is 0.286. The summed E-state index contributed by atoms with van der Waals surface area (Å²) in [6.07, 6.45) is 9.19. The molecule has 0 atom stereocenters. The molecule has 4 rings (SSSR count). The number of sulfonamides is 1. The first-order valence-electron chi connectivity index (χ1n) is 9.16. The van der Waals surface area contributed by atoms with Crippen molar-refractivity contribution >= 4 is 10.0 Å². The Labute approximate surface area is 159 Å². The largest absolute Gasteiger partial charge is 0.468 e. The number of rotatable bonds is 6. The van der Waals surface area contributed by atoms with Crippen molar-refractivity contribution in [1.82, 2.24) is 9.29 Å². The average Bonchev–Trinajstić information content (AvgIpc) is 3.21. The summed E-state index contributed by atoms with van der Waals surface area (Å²) in [6.45, 7) is 0.426. The van der Waals surface area contributed by atoms with Gasteiger partial charge in [0.15, 0.2) is 0 Å². The van der Waals surface area contributed by atoms with Crippen molar-refractivity contribution in [3.63, 3.8) is 0 Å². The molecule has 3 aromatic rings. The van der Waals surface area contributed by atoms with Crippen LogP contribution in [0.3, 0.4) is 0 Å². The predicted octanol–water partition coefficient (Wildman–Crippen LogP) is 3.94. The molecule has 1 aliphatic carbocycles. The second kappa shape index (κ2) is 7.66. The average molecular weight is 382 g/mol. The Morgan fingerprint density at radius 3 is 2.59 bits per heavy atom. The van der Waals surface area contributed by atoms with Crippen molar-refractivity contribution in [2.24, 2.45) is 0 Å². The highest BCUT2D eigenvalue weighted by Crippen LogP contribution is 2.27. The lowest BCUT2D eigenvalue weighted by molar-refractivity contribution is 0.358. The zero-order valence-electron chi connectivity index (χ0n) is 15.0. The first kappa shape index (κ1) is 17.9. The summed E-state index contributed by atoms with van der Waals surface area (Å²) >= 11 is 0. The molecule has 140 valence electrons. The third-order valence-electron chi connectivity index (χ3n) is 4.95. The molecule has 2 heterocycles. The quantitative estimate of drug-likeness (QED) is 0.648. The van der Waals surface area contributed by atoms with Gasteiger partial charge in [0.2, 0.25) is 10.0 Å². The third kappa shape index (κ3) is 3.96. The second-order valence-corrected chi connectivity index (χ2v) is 8.79. The van der Waals surface area contributed by atoms with Gasteiger partial charge in [-0.25, -0.2) is 8.42 Å². The van der Waals surface area contributed by atoms with Crippen LogP contribution in [0.25, 0.3) is 0 Å². The molecule has 6 heteroatoms. The molecule has 0 unspecified atom stereocenters. The molecule has 1 aromatic carbocycles. The Bertz CT molecular complexity index is 999. The van der Waals surface area contributed by atoms with E-state index < -0.39 is 10.0 Å². The number of nitrogens with zero attached hydrogens (tertiary/aromatic N) is 2. The lowest BCUT2D eigenvalue weighted by Gasteiger charge is -2.23. The Balaban J connectivity index is 1.68. The van der Waals surface area contributed by atoms with E-state index in [2.05, 4.69) is 4.98 Å². The van der Waals surface area contributed by atoms with Crippen LogP contribution in [0.4, 0.5) is 0 Å². The van der Waals surface area contributed by atoms with Crippen LogP contribution >= 0.6 is 0 Å². The molecular formula is C21H22N2O3S. The van der Waals surface area contributed by atoms with Crippen LogP contribution in [-0.2, 0) is 36.0 Å². The summed E-state index contributed by atoms with van der Waals surface area (Å²) in [5.41, 5.74) is 3.26. The maximum absolute atomic E-state index is 13.4. The third-order valence-corrected chi connectivity index (χ3v) is 6.74. The fourth-order valence-corrected chi connectivity index (χ4v) is 4.96. The van der Waals surface area contributed by atoms with E-state index in [-0.39, 0.29) is 13.1 Å². The van der Waals surface area contributed by atoms with Crippen LogP contribution < -0.4 is 0 Å². The normalized spacial score (nSPS) is 14.3. The summed E-state index contributed by atoms with van der Waals surface area (Å²) in [7, 11) is -3.66. The van der Waals surface area contributed by atoms with Gasteiger partial charge >= 0.3 is 0 Å². The zero-order chi connectivity index (χ0) is 18.7. The van der Waals surface area contributed by atoms with E-state index in [1.54, 1.807) is 36.9 Å². The van der Waals surface area contributed by atoms with Gasteiger partial charge < -0.3 is 4.42 Å². The van der Waals surface area contributed by atoms with Crippen molar-refractivity contribution in [2.45, 2.75) is 43.7 Å². The highest BCUT2D eigenvalue weighted by molar-refractivity contribution is 7.89. The van der Waals surface area contributed by atoms with Gasteiger partial charge in [-0.2, -0.15) is 4.31 Å². The van der Waals surface area contributed by atoms with E-state index in [1.165, 1.54) is 16.3 Å². The lowest BCUT2D eigenvalue weighted by atomic mass is 9.92. The van der Waals surface area contributed by atoms with Crippen molar-refractivity contribution in [3.8, 4) is 0 Å². The monoisotopic (exact) mass is 382 g/mol. The first-order valence-corrected chi connectivity index (χ1v) is 10.6. The zero-order valence-corrected chi connectivity index (χ0v) is 15.9. The first-order chi connectivity index (χ1) is 13.1. The second-order valence-electron chi connectivity index (χ2n) is 6.85. The number of fused-ring (bicyclic) bond motifs is 1. The molecule has 0 bridgehead atoms. The van der Waals surface area contributed by atoms with E-state index in [9.17, 15) is 8.42 Å². The van der Waals surface area contributed by atoms with Gasteiger partial charge in [-0.15, -0.1) is 0 Å². The molecule has 0 fully saturated rings. The molecule has 27 heavy (non-hydrogen) atoms. The SMILES string of the molecule is O=S(=O)(c1ccc2c(c1)CCCC2)N(Cc1cccnc1)Cc1ccco1. The summed E-state index contributed by atoms with van der Waals surface area (Å²) in [6, 6.07) is 12.8. The summed E-state index contributed by atoms with van der Waals surface area (Å²) < 4.78 is 33.7. The van der Waals surface area contributed by atoms with Crippen LogP contribution in [0, 0.1) is 0 Å². The van der Waals surface area contributed by atoms with Gasteiger partial charge in [0.1, 0.15) is 5.76 Å². The van der Waals surface area contributed by atoms with Gasteiger partial charge in [-0.05, 0) is 72.7 Å². The Morgan fingerprint density at radius 2 is 1.85 bits per heavy atom. The maximum Gasteiger partial charge on any atom is 0.243 e. The van der Waals surface area contributed by atoms with Crippen LogP contribution in [-0.4, -0.2) is 17.7 Å². The van der Waals surface area contributed by atoms with Gasteiger partial charge in [-0.3, -0.25) is 4.98 Å². The lowest BCUT2D eigenvalue weighted by Crippen LogP contribution is -2.30. The minimum Gasteiger partial charge on any atom is -0.468 e. The molecule has 0 saturated heterocycles. The smallest absolute Gasteiger partial charge is 0.243 e. The molecule has 0 N–H and O–H groups in total. The Hall–Kier alpha value is -2.44. The topological polar surface area (TPSA) is 63.4 Å². The Morgan fingerprint density at radius 1 is 1.00 bits per heavy atom. The molecule has 0 saturated carbocycles. The van der Waals surface area contributed by atoms with E-state index in [0.29, 0.717) is 10.7 Å². The highest BCUT2D eigenvalue weighted by atomic mass is 32.2. The number of aromatic nitrogens is 1. The van der Waals surface area contributed by atoms with Crippen molar-refractivity contribution in [3.05, 3.63) is 83.6 Å². The highest BCUT2D eigenvalue weighted by Gasteiger charge is 2.27. The minimum atomic E-state index is -3.66. The van der Waals surface area contributed by atoms with Crippen molar-refractivity contribution in [2.75, 3.05) is 0 Å². The number of aryl methyl sites for hydroxylation is 2. The molecule has 0 spiro atoms. The number of benzene rings is 1. The van der Waals surface area contributed by atoms with Gasteiger partial charge in [0.05, 0.1) is 17.7 Å². The number of hydrogen-bond donors (Lipinski definition) is 0.